The Labute approximate surface area is 224 Å². The molecular formula is C31H25NO7. The van der Waals surface area contributed by atoms with Gasteiger partial charge in [0.1, 0.15) is 0 Å². The van der Waals surface area contributed by atoms with Crippen molar-refractivity contribution in [2.45, 2.75) is 32.0 Å². The predicted octanol–water partition coefficient (Wildman–Crippen LogP) is 4.12. The molecule has 1 aliphatic carbocycles. The zero-order chi connectivity index (χ0) is 27.5. The third-order valence-corrected chi connectivity index (χ3v) is 7.87. The maximum Gasteiger partial charge on any atom is 0.338 e. The molecule has 1 spiro atoms. The van der Waals surface area contributed by atoms with E-state index in [2.05, 4.69) is 0 Å². The zero-order valence-electron chi connectivity index (χ0n) is 21.4. The first-order valence-electron chi connectivity index (χ1n) is 12.9. The summed E-state index contributed by atoms with van der Waals surface area (Å²) < 4.78 is 11.3. The SMILES string of the molecule is CCOC(=O)c1ccc(N2C(=O)[C@H]3[C@@H](c4ccc(CC)cc4)OC4(C(=O)c5ccccc5C4=O)[C@H]3C2=O)cc1. The van der Waals surface area contributed by atoms with Gasteiger partial charge in [-0.15, -0.1) is 0 Å². The third kappa shape index (κ3) is 3.44. The molecule has 0 aromatic heterocycles. The van der Waals surface area contributed by atoms with Crippen molar-refractivity contribution >= 4 is 35.0 Å². The molecule has 196 valence electrons. The van der Waals surface area contributed by atoms with Crippen LogP contribution in [0.5, 0.6) is 0 Å². The number of carbonyl (C=O) groups is 5. The summed E-state index contributed by atoms with van der Waals surface area (Å²) in [6.45, 7) is 3.92. The van der Waals surface area contributed by atoms with Crippen LogP contribution < -0.4 is 4.90 Å². The topological polar surface area (TPSA) is 107 Å². The molecule has 3 atom stereocenters. The second-order valence-corrected chi connectivity index (χ2v) is 9.86. The highest BCUT2D eigenvalue weighted by molar-refractivity contribution is 6.37. The van der Waals surface area contributed by atoms with Crippen LogP contribution in [-0.2, 0) is 25.5 Å². The monoisotopic (exact) mass is 523 g/mol. The van der Waals surface area contributed by atoms with Crippen LogP contribution in [0, 0.1) is 11.8 Å². The van der Waals surface area contributed by atoms with Crippen molar-refractivity contribution in [1.29, 1.82) is 0 Å². The average molecular weight is 524 g/mol. The number of ether oxygens (including phenoxy) is 2. The molecule has 2 heterocycles. The molecule has 2 aliphatic heterocycles. The van der Waals surface area contributed by atoms with Crippen molar-refractivity contribution in [1.82, 2.24) is 0 Å². The lowest BCUT2D eigenvalue weighted by atomic mass is 9.77. The maximum absolute atomic E-state index is 14.0. The van der Waals surface area contributed by atoms with E-state index in [1.807, 2.05) is 31.2 Å². The number of carbonyl (C=O) groups excluding carboxylic acids is 5. The summed E-state index contributed by atoms with van der Waals surface area (Å²) in [5.41, 5.74) is 0.413. The maximum atomic E-state index is 14.0. The van der Waals surface area contributed by atoms with E-state index in [-0.39, 0.29) is 29.0 Å². The normalized spacial score (nSPS) is 22.9. The number of Topliss-reactive ketones (excluding diaryl/α,β-unsaturated/α-hetero) is 2. The number of ketones is 2. The first-order valence-corrected chi connectivity index (χ1v) is 12.9. The van der Waals surface area contributed by atoms with Crippen molar-refractivity contribution < 1.29 is 33.4 Å². The number of aryl methyl sites for hydroxylation is 1. The van der Waals surface area contributed by atoms with Gasteiger partial charge in [-0.3, -0.25) is 19.2 Å². The smallest absolute Gasteiger partial charge is 0.338 e. The largest absolute Gasteiger partial charge is 0.462 e. The number of amides is 2. The number of rotatable bonds is 5. The van der Waals surface area contributed by atoms with Gasteiger partial charge in [0.05, 0.1) is 35.8 Å². The second-order valence-electron chi connectivity index (χ2n) is 9.86. The highest BCUT2D eigenvalue weighted by Gasteiger charge is 2.74. The molecule has 3 aromatic rings. The minimum atomic E-state index is -2.13. The number of fused-ring (bicyclic) bond motifs is 3. The van der Waals surface area contributed by atoms with Gasteiger partial charge >= 0.3 is 5.97 Å². The van der Waals surface area contributed by atoms with E-state index in [0.717, 1.165) is 16.9 Å². The summed E-state index contributed by atoms with van der Waals surface area (Å²) in [4.78, 5) is 68.8. The molecule has 3 aromatic carbocycles. The third-order valence-electron chi connectivity index (χ3n) is 7.87. The van der Waals surface area contributed by atoms with E-state index in [4.69, 9.17) is 9.47 Å². The second kappa shape index (κ2) is 9.10. The van der Waals surface area contributed by atoms with E-state index >= 15 is 0 Å². The van der Waals surface area contributed by atoms with Crippen molar-refractivity contribution in [3.05, 3.63) is 101 Å². The number of benzene rings is 3. The first kappa shape index (κ1) is 24.9. The van der Waals surface area contributed by atoms with E-state index < -0.39 is 52.9 Å². The Balaban J connectivity index is 1.46. The summed E-state index contributed by atoms with van der Waals surface area (Å²) in [6.07, 6.45) is -0.176. The summed E-state index contributed by atoms with van der Waals surface area (Å²) in [6, 6.07) is 19.7. The Hall–Kier alpha value is -4.43. The molecule has 39 heavy (non-hydrogen) atoms. The Kier molecular flexibility index (Phi) is 5.80. The van der Waals surface area contributed by atoms with Gasteiger partial charge in [-0.1, -0.05) is 55.5 Å². The molecule has 2 fully saturated rings. The number of nitrogens with zero attached hydrogens (tertiary/aromatic N) is 1. The molecule has 2 amide bonds. The highest BCUT2D eigenvalue weighted by Crippen LogP contribution is 2.57. The van der Waals surface area contributed by atoms with Gasteiger partial charge < -0.3 is 9.47 Å². The van der Waals surface area contributed by atoms with E-state index in [1.165, 1.54) is 24.3 Å². The van der Waals surface area contributed by atoms with Gasteiger partial charge in [-0.05, 0) is 48.7 Å². The van der Waals surface area contributed by atoms with E-state index in [9.17, 15) is 24.0 Å². The van der Waals surface area contributed by atoms with Gasteiger partial charge in [-0.2, -0.15) is 0 Å². The quantitative estimate of drug-likeness (QED) is 0.281. The molecule has 0 saturated carbocycles. The Morgan fingerprint density at radius 1 is 0.846 bits per heavy atom. The number of hydrogen-bond donors (Lipinski definition) is 0. The predicted molar refractivity (Wildman–Crippen MR) is 139 cm³/mol. The molecule has 0 bridgehead atoms. The fourth-order valence-electron chi connectivity index (χ4n) is 5.98. The lowest BCUT2D eigenvalue weighted by molar-refractivity contribution is -0.127. The minimum Gasteiger partial charge on any atom is -0.462 e. The fraction of sp³-hybridized carbons (Fsp3) is 0.258. The van der Waals surface area contributed by atoms with Crippen molar-refractivity contribution in [2.75, 3.05) is 11.5 Å². The molecular weight excluding hydrogens is 498 g/mol. The summed E-state index contributed by atoms with van der Waals surface area (Å²) in [5.74, 6) is -5.40. The summed E-state index contributed by atoms with van der Waals surface area (Å²) in [7, 11) is 0. The molecule has 6 rings (SSSR count). The van der Waals surface area contributed by atoms with Crippen LogP contribution in [0.4, 0.5) is 5.69 Å². The lowest BCUT2D eigenvalue weighted by Gasteiger charge is -2.27. The molecule has 2 saturated heterocycles. The molecule has 8 heteroatoms. The number of imide groups is 1. The summed E-state index contributed by atoms with van der Waals surface area (Å²) >= 11 is 0. The van der Waals surface area contributed by atoms with Crippen LogP contribution in [0.2, 0.25) is 0 Å². The zero-order valence-corrected chi connectivity index (χ0v) is 21.4. The van der Waals surface area contributed by atoms with Crippen molar-refractivity contribution in [3.63, 3.8) is 0 Å². The van der Waals surface area contributed by atoms with E-state index in [1.54, 1.807) is 31.2 Å². The van der Waals surface area contributed by atoms with Gasteiger partial charge in [0, 0.05) is 11.1 Å². The van der Waals surface area contributed by atoms with E-state index in [0.29, 0.717) is 5.56 Å². The van der Waals surface area contributed by atoms with Crippen LogP contribution in [0.1, 0.15) is 62.2 Å². The molecule has 0 N–H and O–H groups in total. The van der Waals surface area contributed by atoms with Gasteiger partial charge in [0.25, 0.3) is 0 Å². The van der Waals surface area contributed by atoms with Crippen LogP contribution in [0.15, 0.2) is 72.8 Å². The van der Waals surface area contributed by atoms with Crippen LogP contribution in [-0.4, -0.2) is 41.6 Å². The molecule has 8 nitrogen and oxygen atoms in total. The van der Waals surface area contributed by atoms with Crippen molar-refractivity contribution in [3.8, 4) is 0 Å². The summed E-state index contributed by atoms with van der Waals surface area (Å²) in [5, 5.41) is 0. The molecule has 0 unspecified atom stereocenters. The highest BCUT2D eigenvalue weighted by atomic mass is 16.5. The van der Waals surface area contributed by atoms with Crippen LogP contribution in [0.25, 0.3) is 0 Å². The fourth-order valence-corrected chi connectivity index (χ4v) is 5.98. The van der Waals surface area contributed by atoms with Crippen LogP contribution in [0.3, 0.4) is 0 Å². The van der Waals surface area contributed by atoms with Gasteiger partial charge in [0.2, 0.25) is 29.0 Å². The number of esters is 1. The lowest BCUT2D eigenvalue weighted by Crippen LogP contribution is -2.51. The van der Waals surface area contributed by atoms with Gasteiger partial charge in [-0.25, -0.2) is 9.69 Å². The van der Waals surface area contributed by atoms with Gasteiger partial charge in [0.15, 0.2) is 0 Å². The van der Waals surface area contributed by atoms with Crippen molar-refractivity contribution in [2.24, 2.45) is 11.8 Å². The number of hydrogen-bond acceptors (Lipinski definition) is 7. The van der Waals surface area contributed by atoms with Crippen LogP contribution >= 0.6 is 0 Å². The average Bonchev–Trinajstić information content (AvgIpc) is 3.53. The standard InChI is InChI=1S/C31H25NO7/c1-3-17-9-11-18(12-10-17)25-23-24(31(39-25)26(33)21-7-5-6-8-22(21)27(31)34)29(36)32(28(23)35)20-15-13-19(14-16-20)30(37)38-4-2/h5-16,23-25H,3-4H2,1-2H3/t23-,24-,25-/m1/s1. The number of anilines is 1. The molecule has 0 radical (unpaired) electrons. The first-order chi connectivity index (χ1) is 18.8. The molecule has 3 aliphatic rings. The Bertz CT molecular complexity index is 1500. The Morgan fingerprint density at radius 2 is 1.46 bits per heavy atom. The Morgan fingerprint density at radius 3 is 2.03 bits per heavy atom. The minimum absolute atomic E-state index is 0.181.